The summed E-state index contributed by atoms with van der Waals surface area (Å²) in [6.45, 7) is 7.83. The lowest BCUT2D eigenvalue weighted by Crippen LogP contribution is -2.26. The van der Waals surface area contributed by atoms with E-state index in [0.717, 1.165) is 11.1 Å². The van der Waals surface area contributed by atoms with Gasteiger partial charge in [0.25, 0.3) is 5.56 Å². The van der Waals surface area contributed by atoms with E-state index in [1.54, 1.807) is 13.8 Å². The summed E-state index contributed by atoms with van der Waals surface area (Å²) in [5.41, 5.74) is 3.71. The fourth-order valence-electron chi connectivity index (χ4n) is 2.24. The zero-order valence-corrected chi connectivity index (χ0v) is 12.3. The molecule has 0 fully saturated rings. The van der Waals surface area contributed by atoms with Crippen LogP contribution in [-0.4, -0.2) is 14.7 Å². The van der Waals surface area contributed by atoms with Crippen molar-refractivity contribution in [2.45, 2.75) is 40.3 Å². The summed E-state index contributed by atoms with van der Waals surface area (Å²) < 4.78 is 1.51. The van der Waals surface area contributed by atoms with E-state index in [9.17, 15) is 9.90 Å². The monoisotopic (exact) mass is 272 g/mol. The molecule has 106 valence electrons. The average Bonchev–Trinajstić information content (AvgIpc) is 2.36. The van der Waals surface area contributed by atoms with Crippen molar-refractivity contribution in [2.75, 3.05) is 0 Å². The molecule has 0 aliphatic carbocycles. The Labute approximate surface area is 118 Å². The molecule has 0 radical (unpaired) electrons. The number of aryl methyl sites for hydroxylation is 4. The lowest BCUT2D eigenvalue weighted by molar-refractivity contribution is 0.153. The van der Waals surface area contributed by atoms with Gasteiger partial charge in [0.1, 0.15) is 5.82 Å². The van der Waals surface area contributed by atoms with E-state index in [4.69, 9.17) is 0 Å². The minimum absolute atomic E-state index is 0.127. The zero-order valence-electron chi connectivity index (χ0n) is 12.3. The van der Waals surface area contributed by atoms with E-state index in [1.165, 1.54) is 16.2 Å². The Morgan fingerprint density at radius 3 is 2.45 bits per heavy atom. The van der Waals surface area contributed by atoms with Crippen molar-refractivity contribution in [1.82, 2.24) is 9.55 Å². The molecule has 4 heteroatoms. The molecule has 2 rings (SSSR count). The largest absolute Gasteiger partial charge is 0.387 e. The third kappa shape index (κ3) is 2.96. The summed E-state index contributed by atoms with van der Waals surface area (Å²) in [4.78, 5) is 16.2. The highest BCUT2D eigenvalue weighted by Crippen LogP contribution is 2.18. The number of hydrogen-bond donors (Lipinski definition) is 1. The first-order valence-electron chi connectivity index (χ1n) is 6.69. The van der Waals surface area contributed by atoms with Crippen LogP contribution in [0.25, 0.3) is 0 Å². The van der Waals surface area contributed by atoms with Gasteiger partial charge in [0, 0.05) is 11.8 Å². The normalized spacial score (nSPS) is 12.4. The molecule has 1 aromatic carbocycles. The third-order valence-electron chi connectivity index (χ3n) is 3.60. The number of hydrogen-bond acceptors (Lipinski definition) is 3. The molecule has 0 saturated carbocycles. The van der Waals surface area contributed by atoms with Crippen LogP contribution in [0.5, 0.6) is 0 Å². The summed E-state index contributed by atoms with van der Waals surface area (Å²) >= 11 is 0. The van der Waals surface area contributed by atoms with Crippen molar-refractivity contribution in [2.24, 2.45) is 0 Å². The van der Waals surface area contributed by atoms with Crippen LogP contribution < -0.4 is 5.56 Å². The minimum atomic E-state index is -0.713. The smallest absolute Gasteiger partial charge is 0.253 e. The van der Waals surface area contributed by atoms with Gasteiger partial charge in [0.05, 0.1) is 12.6 Å². The summed E-state index contributed by atoms with van der Waals surface area (Å²) in [7, 11) is 0. The van der Waals surface area contributed by atoms with Crippen molar-refractivity contribution >= 4 is 0 Å². The molecular weight excluding hydrogens is 252 g/mol. The molecule has 0 saturated heterocycles. The molecule has 1 N–H and O–H groups in total. The Balaban J connectivity index is 2.30. The molecule has 0 spiro atoms. The van der Waals surface area contributed by atoms with Crippen LogP contribution in [0, 0.1) is 27.7 Å². The van der Waals surface area contributed by atoms with Gasteiger partial charge in [0.15, 0.2) is 0 Å². The molecule has 1 heterocycles. The molecule has 4 nitrogen and oxygen atoms in total. The van der Waals surface area contributed by atoms with Crippen molar-refractivity contribution in [3.8, 4) is 0 Å². The van der Waals surface area contributed by atoms with E-state index >= 15 is 0 Å². The summed E-state index contributed by atoms with van der Waals surface area (Å²) in [6, 6.07) is 7.33. The SMILES string of the molecule is Cc1cc(=O)n(CC(O)c2ccc(C)c(C)c2)c(C)n1. The van der Waals surface area contributed by atoms with E-state index < -0.39 is 6.10 Å². The summed E-state index contributed by atoms with van der Waals surface area (Å²) in [6.07, 6.45) is -0.713. The van der Waals surface area contributed by atoms with Gasteiger partial charge in [-0.25, -0.2) is 4.98 Å². The summed E-state index contributed by atoms with van der Waals surface area (Å²) in [5.74, 6) is 0.623. The Kier molecular flexibility index (Phi) is 4.04. The Hall–Kier alpha value is -1.94. The Morgan fingerprint density at radius 1 is 1.15 bits per heavy atom. The van der Waals surface area contributed by atoms with Crippen LogP contribution in [0.1, 0.15) is 34.3 Å². The van der Waals surface area contributed by atoms with Crippen LogP contribution in [0.3, 0.4) is 0 Å². The van der Waals surface area contributed by atoms with Crippen LogP contribution in [0.4, 0.5) is 0 Å². The lowest BCUT2D eigenvalue weighted by atomic mass is 10.0. The molecule has 2 aromatic rings. The van der Waals surface area contributed by atoms with Crippen molar-refractivity contribution in [3.05, 3.63) is 62.8 Å². The zero-order chi connectivity index (χ0) is 14.9. The number of aliphatic hydroxyl groups excluding tert-OH is 1. The number of aliphatic hydroxyl groups is 1. The molecule has 0 amide bonds. The highest BCUT2D eigenvalue weighted by Gasteiger charge is 2.12. The second-order valence-electron chi connectivity index (χ2n) is 5.25. The molecule has 0 aliphatic heterocycles. The van der Waals surface area contributed by atoms with E-state index in [2.05, 4.69) is 4.98 Å². The predicted octanol–water partition coefficient (Wildman–Crippen LogP) is 2.21. The molecule has 1 unspecified atom stereocenters. The second-order valence-corrected chi connectivity index (χ2v) is 5.25. The first-order valence-corrected chi connectivity index (χ1v) is 6.69. The first kappa shape index (κ1) is 14.5. The van der Waals surface area contributed by atoms with Gasteiger partial charge in [0.2, 0.25) is 0 Å². The molecule has 0 bridgehead atoms. The van der Waals surface area contributed by atoms with Gasteiger partial charge in [-0.05, 0) is 44.4 Å². The van der Waals surface area contributed by atoms with Crippen molar-refractivity contribution in [3.63, 3.8) is 0 Å². The maximum Gasteiger partial charge on any atom is 0.253 e. The number of aromatic nitrogens is 2. The van der Waals surface area contributed by atoms with E-state index in [0.29, 0.717) is 11.5 Å². The van der Waals surface area contributed by atoms with Crippen LogP contribution in [0.2, 0.25) is 0 Å². The standard InChI is InChI=1S/C16H20N2O2/c1-10-5-6-14(7-11(10)2)15(19)9-18-13(4)17-12(3)8-16(18)20/h5-8,15,19H,9H2,1-4H3. The van der Waals surface area contributed by atoms with Gasteiger partial charge in [-0.2, -0.15) is 0 Å². The second kappa shape index (κ2) is 5.59. The lowest BCUT2D eigenvalue weighted by Gasteiger charge is -2.16. The molecule has 0 aliphatic rings. The quantitative estimate of drug-likeness (QED) is 0.932. The minimum Gasteiger partial charge on any atom is -0.387 e. The van der Waals surface area contributed by atoms with E-state index in [-0.39, 0.29) is 12.1 Å². The third-order valence-corrected chi connectivity index (χ3v) is 3.60. The maximum absolute atomic E-state index is 12.0. The number of nitrogens with zero attached hydrogens (tertiary/aromatic N) is 2. The Bertz CT molecular complexity index is 689. The van der Waals surface area contributed by atoms with Crippen molar-refractivity contribution in [1.29, 1.82) is 0 Å². The van der Waals surface area contributed by atoms with Crippen LogP contribution >= 0.6 is 0 Å². The maximum atomic E-state index is 12.0. The highest BCUT2D eigenvalue weighted by atomic mass is 16.3. The summed E-state index contributed by atoms with van der Waals surface area (Å²) in [5, 5.41) is 10.3. The van der Waals surface area contributed by atoms with Gasteiger partial charge in [-0.3, -0.25) is 9.36 Å². The van der Waals surface area contributed by atoms with Crippen LogP contribution in [-0.2, 0) is 6.54 Å². The number of rotatable bonds is 3. The van der Waals surface area contributed by atoms with Gasteiger partial charge >= 0.3 is 0 Å². The van der Waals surface area contributed by atoms with Gasteiger partial charge in [-0.15, -0.1) is 0 Å². The Morgan fingerprint density at radius 2 is 1.85 bits per heavy atom. The van der Waals surface area contributed by atoms with Crippen LogP contribution in [0.15, 0.2) is 29.1 Å². The fraction of sp³-hybridized carbons (Fsp3) is 0.375. The van der Waals surface area contributed by atoms with Crippen molar-refractivity contribution < 1.29 is 5.11 Å². The van der Waals surface area contributed by atoms with Gasteiger partial charge < -0.3 is 5.11 Å². The fourth-order valence-corrected chi connectivity index (χ4v) is 2.24. The first-order chi connectivity index (χ1) is 9.38. The molecule has 1 aromatic heterocycles. The van der Waals surface area contributed by atoms with E-state index in [1.807, 2.05) is 32.0 Å². The number of benzene rings is 1. The molecular formula is C16H20N2O2. The highest BCUT2D eigenvalue weighted by molar-refractivity contribution is 5.31. The van der Waals surface area contributed by atoms with Gasteiger partial charge in [-0.1, -0.05) is 18.2 Å². The topological polar surface area (TPSA) is 55.1 Å². The molecule has 20 heavy (non-hydrogen) atoms. The molecule has 1 atom stereocenters. The predicted molar refractivity (Wildman–Crippen MR) is 78.8 cm³/mol. The average molecular weight is 272 g/mol.